The first-order chi connectivity index (χ1) is 7.26. The summed E-state index contributed by atoms with van der Waals surface area (Å²) in [6.07, 6.45) is 6.15. The SMILES string of the molecule is CCCCCC=C(OCC)C(=O)OCC. The largest absolute Gasteiger partial charge is 0.487 e. The third kappa shape index (κ3) is 7.00. The van der Waals surface area contributed by atoms with Crippen molar-refractivity contribution in [2.45, 2.75) is 46.5 Å². The highest BCUT2D eigenvalue weighted by Gasteiger charge is 2.10. The van der Waals surface area contributed by atoms with Crippen molar-refractivity contribution in [3.63, 3.8) is 0 Å². The van der Waals surface area contributed by atoms with Crippen LogP contribution < -0.4 is 0 Å². The molecule has 0 aliphatic rings. The van der Waals surface area contributed by atoms with E-state index in [1.165, 1.54) is 12.8 Å². The van der Waals surface area contributed by atoms with Gasteiger partial charge >= 0.3 is 5.97 Å². The summed E-state index contributed by atoms with van der Waals surface area (Å²) in [6.45, 7) is 6.69. The first kappa shape index (κ1) is 14.0. The van der Waals surface area contributed by atoms with Gasteiger partial charge in [0.25, 0.3) is 0 Å². The normalized spacial score (nSPS) is 11.3. The van der Waals surface area contributed by atoms with Crippen molar-refractivity contribution in [1.29, 1.82) is 0 Å². The van der Waals surface area contributed by atoms with Crippen LogP contribution in [0.15, 0.2) is 11.8 Å². The third-order valence-corrected chi connectivity index (χ3v) is 1.91. The first-order valence-corrected chi connectivity index (χ1v) is 5.76. The van der Waals surface area contributed by atoms with Gasteiger partial charge in [-0.15, -0.1) is 0 Å². The van der Waals surface area contributed by atoms with Crippen LogP contribution in [-0.2, 0) is 14.3 Å². The van der Waals surface area contributed by atoms with Gasteiger partial charge in [0.2, 0.25) is 5.76 Å². The lowest BCUT2D eigenvalue weighted by molar-refractivity contribution is -0.142. The van der Waals surface area contributed by atoms with Gasteiger partial charge in [-0.25, -0.2) is 4.79 Å². The van der Waals surface area contributed by atoms with Gasteiger partial charge in [0, 0.05) is 0 Å². The van der Waals surface area contributed by atoms with Gasteiger partial charge in [0.05, 0.1) is 13.2 Å². The molecule has 88 valence electrons. The molecule has 0 aromatic heterocycles. The summed E-state index contributed by atoms with van der Waals surface area (Å²) in [5.74, 6) is 0.00583. The number of carbonyl (C=O) groups is 1. The molecular weight excluding hydrogens is 192 g/mol. The van der Waals surface area contributed by atoms with Crippen molar-refractivity contribution in [2.24, 2.45) is 0 Å². The number of rotatable bonds is 8. The summed E-state index contributed by atoms with van der Waals surface area (Å²) in [6, 6.07) is 0. The number of unbranched alkanes of at least 4 members (excludes halogenated alkanes) is 3. The Labute approximate surface area is 92.5 Å². The molecule has 0 aliphatic carbocycles. The minimum Gasteiger partial charge on any atom is -0.487 e. The molecule has 3 nitrogen and oxygen atoms in total. The second-order valence-electron chi connectivity index (χ2n) is 3.22. The number of carbonyl (C=O) groups excluding carboxylic acids is 1. The second kappa shape index (κ2) is 9.56. The highest BCUT2D eigenvalue weighted by molar-refractivity contribution is 5.86. The van der Waals surface area contributed by atoms with Crippen molar-refractivity contribution < 1.29 is 14.3 Å². The Morgan fingerprint density at radius 3 is 2.27 bits per heavy atom. The number of allylic oxidation sites excluding steroid dienone is 1. The molecule has 0 heterocycles. The van der Waals surface area contributed by atoms with E-state index in [4.69, 9.17) is 9.47 Å². The summed E-state index contributed by atoms with van der Waals surface area (Å²) < 4.78 is 10.1. The Morgan fingerprint density at radius 2 is 1.73 bits per heavy atom. The van der Waals surface area contributed by atoms with Gasteiger partial charge in [0.15, 0.2) is 0 Å². The topological polar surface area (TPSA) is 35.5 Å². The zero-order valence-corrected chi connectivity index (χ0v) is 10.0. The van der Waals surface area contributed by atoms with Crippen LogP contribution in [0.1, 0.15) is 46.5 Å². The molecule has 0 amide bonds. The van der Waals surface area contributed by atoms with Crippen LogP contribution in [0.4, 0.5) is 0 Å². The van der Waals surface area contributed by atoms with Crippen molar-refractivity contribution >= 4 is 5.97 Å². The van der Waals surface area contributed by atoms with Gasteiger partial charge in [-0.3, -0.25) is 0 Å². The third-order valence-electron chi connectivity index (χ3n) is 1.91. The highest BCUT2D eigenvalue weighted by Crippen LogP contribution is 2.06. The average molecular weight is 214 g/mol. The van der Waals surface area contributed by atoms with Crippen LogP contribution in [-0.4, -0.2) is 19.2 Å². The van der Waals surface area contributed by atoms with Crippen molar-refractivity contribution in [3.05, 3.63) is 11.8 Å². The lowest BCUT2D eigenvalue weighted by atomic mass is 10.2. The average Bonchev–Trinajstić information content (AvgIpc) is 2.23. The van der Waals surface area contributed by atoms with Crippen molar-refractivity contribution in [2.75, 3.05) is 13.2 Å². The molecule has 0 saturated heterocycles. The molecular formula is C12H22O3. The summed E-state index contributed by atoms with van der Waals surface area (Å²) >= 11 is 0. The monoisotopic (exact) mass is 214 g/mol. The molecule has 0 atom stereocenters. The van der Waals surface area contributed by atoms with Crippen LogP contribution in [0.5, 0.6) is 0 Å². The van der Waals surface area contributed by atoms with E-state index in [0.717, 1.165) is 12.8 Å². The summed E-state index contributed by atoms with van der Waals surface area (Å²) in [7, 11) is 0. The molecule has 3 heteroatoms. The van der Waals surface area contributed by atoms with E-state index in [1.807, 2.05) is 13.0 Å². The zero-order valence-electron chi connectivity index (χ0n) is 10.0. The number of ether oxygens (including phenoxy) is 2. The standard InChI is InChI=1S/C12H22O3/c1-4-7-8-9-10-11(14-5-2)12(13)15-6-3/h10H,4-9H2,1-3H3. The minimum atomic E-state index is -0.351. The van der Waals surface area contributed by atoms with Crippen LogP contribution in [0, 0.1) is 0 Å². The Bertz CT molecular complexity index is 197. The van der Waals surface area contributed by atoms with Crippen molar-refractivity contribution in [1.82, 2.24) is 0 Å². The minimum absolute atomic E-state index is 0.351. The van der Waals surface area contributed by atoms with Gasteiger partial charge in [-0.2, -0.15) is 0 Å². The Kier molecular flexibility index (Phi) is 8.93. The highest BCUT2D eigenvalue weighted by atomic mass is 16.6. The second-order valence-corrected chi connectivity index (χ2v) is 3.22. The number of hydrogen-bond acceptors (Lipinski definition) is 3. The van der Waals surface area contributed by atoms with E-state index in [0.29, 0.717) is 19.0 Å². The molecule has 0 fully saturated rings. The Morgan fingerprint density at radius 1 is 1.07 bits per heavy atom. The first-order valence-electron chi connectivity index (χ1n) is 5.76. The molecule has 0 aromatic rings. The van der Waals surface area contributed by atoms with E-state index in [2.05, 4.69) is 6.92 Å². The van der Waals surface area contributed by atoms with E-state index < -0.39 is 0 Å². The molecule has 0 saturated carbocycles. The molecule has 0 N–H and O–H groups in total. The Balaban J connectivity index is 4.05. The van der Waals surface area contributed by atoms with Crippen molar-refractivity contribution in [3.8, 4) is 0 Å². The predicted molar refractivity (Wildman–Crippen MR) is 60.5 cm³/mol. The molecule has 15 heavy (non-hydrogen) atoms. The van der Waals surface area contributed by atoms with Gasteiger partial charge < -0.3 is 9.47 Å². The zero-order chi connectivity index (χ0) is 11.5. The fraction of sp³-hybridized carbons (Fsp3) is 0.750. The van der Waals surface area contributed by atoms with Crippen LogP contribution in [0.25, 0.3) is 0 Å². The summed E-state index contributed by atoms with van der Waals surface area (Å²) in [4.78, 5) is 11.4. The van der Waals surface area contributed by atoms with E-state index in [9.17, 15) is 4.79 Å². The van der Waals surface area contributed by atoms with E-state index in [1.54, 1.807) is 6.92 Å². The smallest absolute Gasteiger partial charge is 0.373 e. The number of hydrogen-bond donors (Lipinski definition) is 0. The molecule has 0 spiro atoms. The molecule has 0 aromatic carbocycles. The summed E-state index contributed by atoms with van der Waals surface area (Å²) in [5, 5.41) is 0. The molecule has 0 bridgehead atoms. The fourth-order valence-corrected chi connectivity index (χ4v) is 1.19. The molecule has 0 radical (unpaired) electrons. The van der Waals surface area contributed by atoms with Crippen LogP contribution in [0.2, 0.25) is 0 Å². The van der Waals surface area contributed by atoms with Gasteiger partial charge in [-0.05, 0) is 32.8 Å². The lowest BCUT2D eigenvalue weighted by Crippen LogP contribution is -2.10. The van der Waals surface area contributed by atoms with E-state index in [-0.39, 0.29) is 5.97 Å². The van der Waals surface area contributed by atoms with Crippen LogP contribution in [0.3, 0.4) is 0 Å². The maximum absolute atomic E-state index is 11.4. The predicted octanol–water partition coefficient (Wildman–Crippen LogP) is 3.05. The van der Waals surface area contributed by atoms with E-state index >= 15 is 0 Å². The van der Waals surface area contributed by atoms with Gasteiger partial charge in [-0.1, -0.05) is 19.8 Å². The molecule has 0 aliphatic heterocycles. The molecule has 0 unspecified atom stereocenters. The molecule has 0 rings (SSSR count). The fourth-order valence-electron chi connectivity index (χ4n) is 1.19. The van der Waals surface area contributed by atoms with Gasteiger partial charge in [0.1, 0.15) is 0 Å². The number of esters is 1. The van der Waals surface area contributed by atoms with Crippen LogP contribution >= 0.6 is 0 Å². The lowest BCUT2D eigenvalue weighted by Gasteiger charge is -2.07. The summed E-state index contributed by atoms with van der Waals surface area (Å²) in [5.41, 5.74) is 0. The maximum Gasteiger partial charge on any atom is 0.373 e. The Hall–Kier alpha value is -0.990. The quantitative estimate of drug-likeness (QED) is 0.269. The maximum atomic E-state index is 11.4.